The molecule has 1 aromatic rings. The van der Waals surface area contributed by atoms with Gasteiger partial charge >= 0.3 is 5.97 Å². The molecule has 0 aromatic heterocycles. The van der Waals surface area contributed by atoms with Crippen LogP contribution in [0.4, 0.5) is 0 Å². The molecule has 1 saturated carbocycles. The number of carboxylic acids is 1. The van der Waals surface area contributed by atoms with Gasteiger partial charge in [-0.15, -0.1) is 0 Å². The van der Waals surface area contributed by atoms with E-state index in [0.717, 1.165) is 24.8 Å². The summed E-state index contributed by atoms with van der Waals surface area (Å²) in [4.78, 5) is 22.9. The Hall–Kier alpha value is -2.22. The number of aliphatic carboxylic acids is 1. The number of para-hydroxylation sites is 1. The van der Waals surface area contributed by atoms with Gasteiger partial charge in [-0.05, 0) is 18.9 Å². The molecule has 0 bridgehead atoms. The molecular weight excluding hydrogens is 388 g/mol. The highest BCUT2D eigenvalue weighted by Gasteiger charge is 2.39. The number of hydrogen-bond donors (Lipinski definition) is 3. The number of unbranched alkanes of at least 4 members (excludes halogenated alkanes) is 3. The van der Waals surface area contributed by atoms with Gasteiger partial charge < -0.3 is 24.8 Å². The highest BCUT2D eigenvalue weighted by Crippen LogP contribution is 2.35. The van der Waals surface area contributed by atoms with Crippen molar-refractivity contribution in [1.82, 2.24) is 0 Å². The van der Waals surface area contributed by atoms with E-state index in [1.807, 2.05) is 24.3 Å². The number of fused-ring (bicyclic) bond motifs is 1. The minimum atomic E-state index is -1.02. The standard InChI is InChI=1S/C23H30O7/c24-18(23-29-14-15-7-5-6-9-21(15)30-23)12-11-17-16(19(25)13-20(17)26)8-3-1-2-4-10-22(27)28/h5-7,9,11-12,16-18,20,23-24,26H,1-4,8,10,13-14H2,(H,27,28)/b12-11+/t16-,17-,18-,20-,23+/m1/s1. The Morgan fingerprint density at radius 1 is 1.20 bits per heavy atom. The Morgan fingerprint density at radius 2 is 1.97 bits per heavy atom. The van der Waals surface area contributed by atoms with Crippen molar-refractivity contribution in [3.63, 3.8) is 0 Å². The van der Waals surface area contributed by atoms with Gasteiger partial charge in [0.1, 0.15) is 17.6 Å². The zero-order valence-corrected chi connectivity index (χ0v) is 17.0. The summed E-state index contributed by atoms with van der Waals surface area (Å²) in [6.45, 7) is 0.348. The van der Waals surface area contributed by atoms with Crippen LogP contribution in [0.1, 0.15) is 50.5 Å². The molecular formula is C23H30O7. The molecule has 5 atom stereocenters. The van der Waals surface area contributed by atoms with Crippen LogP contribution >= 0.6 is 0 Å². The number of hydrogen-bond acceptors (Lipinski definition) is 6. The second-order valence-electron chi connectivity index (χ2n) is 8.05. The topological polar surface area (TPSA) is 113 Å². The third-order valence-electron chi connectivity index (χ3n) is 5.82. The number of carboxylic acid groups (broad SMARTS) is 1. The van der Waals surface area contributed by atoms with Crippen LogP contribution in [0.25, 0.3) is 0 Å². The smallest absolute Gasteiger partial charge is 0.303 e. The summed E-state index contributed by atoms with van der Waals surface area (Å²) >= 11 is 0. The van der Waals surface area contributed by atoms with Crippen LogP contribution in [-0.4, -0.2) is 45.6 Å². The minimum absolute atomic E-state index is 0.0382. The average molecular weight is 418 g/mol. The molecule has 7 nitrogen and oxygen atoms in total. The lowest BCUT2D eigenvalue weighted by Crippen LogP contribution is -2.36. The second-order valence-corrected chi connectivity index (χ2v) is 8.05. The Bertz CT molecular complexity index is 760. The fourth-order valence-electron chi connectivity index (χ4n) is 4.16. The number of aliphatic hydroxyl groups is 2. The lowest BCUT2D eigenvalue weighted by molar-refractivity contribution is -0.152. The normalized spacial score (nSPS) is 27.1. The Balaban J connectivity index is 1.51. The molecule has 3 N–H and O–H groups in total. The molecule has 3 rings (SSSR count). The van der Waals surface area contributed by atoms with Gasteiger partial charge in [-0.2, -0.15) is 0 Å². The summed E-state index contributed by atoms with van der Waals surface area (Å²) < 4.78 is 11.3. The van der Waals surface area contributed by atoms with Crippen molar-refractivity contribution in [2.45, 2.75) is 70.1 Å². The van der Waals surface area contributed by atoms with Gasteiger partial charge in [-0.3, -0.25) is 9.59 Å². The molecule has 7 heteroatoms. The number of carbonyl (C=O) groups excluding carboxylic acids is 1. The van der Waals surface area contributed by atoms with Crippen LogP contribution in [0, 0.1) is 11.8 Å². The lowest BCUT2D eigenvalue weighted by atomic mass is 9.88. The van der Waals surface area contributed by atoms with Crippen LogP contribution in [0.15, 0.2) is 36.4 Å². The van der Waals surface area contributed by atoms with E-state index in [9.17, 15) is 19.8 Å². The van der Waals surface area contributed by atoms with Crippen molar-refractivity contribution in [3.8, 4) is 5.75 Å². The van der Waals surface area contributed by atoms with E-state index in [-0.39, 0.29) is 30.5 Å². The number of ether oxygens (including phenoxy) is 2. The van der Waals surface area contributed by atoms with E-state index in [0.29, 0.717) is 25.2 Å². The number of aliphatic hydroxyl groups excluding tert-OH is 2. The van der Waals surface area contributed by atoms with Gasteiger partial charge in [0.05, 0.1) is 12.7 Å². The molecule has 30 heavy (non-hydrogen) atoms. The fourth-order valence-corrected chi connectivity index (χ4v) is 4.16. The first kappa shape index (κ1) is 22.5. The number of rotatable bonds is 10. The van der Waals surface area contributed by atoms with Gasteiger partial charge in [-0.25, -0.2) is 0 Å². The quantitative estimate of drug-likeness (QED) is 0.395. The summed E-state index contributed by atoms with van der Waals surface area (Å²) in [7, 11) is 0. The minimum Gasteiger partial charge on any atom is -0.481 e. The zero-order valence-electron chi connectivity index (χ0n) is 17.0. The van der Waals surface area contributed by atoms with Crippen LogP contribution < -0.4 is 4.74 Å². The molecule has 0 spiro atoms. The molecule has 0 radical (unpaired) electrons. The molecule has 1 aliphatic carbocycles. The van der Waals surface area contributed by atoms with Gasteiger partial charge in [0.25, 0.3) is 0 Å². The van der Waals surface area contributed by atoms with Crippen molar-refractivity contribution < 1.29 is 34.4 Å². The van der Waals surface area contributed by atoms with Crippen molar-refractivity contribution in [2.75, 3.05) is 0 Å². The summed E-state index contributed by atoms with van der Waals surface area (Å²) in [5, 5.41) is 29.4. The maximum absolute atomic E-state index is 12.3. The number of Topliss-reactive ketones (excluding diaryl/α,β-unsaturated/α-hetero) is 1. The third kappa shape index (κ3) is 5.90. The Morgan fingerprint density at radius 3 is 2.77 bits per heavy atom. The van der Waals surface area contributed by atoms with Gasteiger partial charge in [0.2, 0.25) is 6.29 Å². The number of ketones is 1. The second kappa shape index (κ2) is 10.7. The molecule has 0 unspecified atom stereocenters. The Labute approximate surface area is 176 Å². The van der Waals surface area contributed by atoms with Crippen LogP contribution in [-0.2, 0) is 20.9 Å². The van der Waals surface area contributed by atoms with Gasteiger partial charge in [-0.1, -0.05) is 49.6 Å². The van der Waals surface area contributed by atoms with E-state index >= 15 is 0 Å². The zero-order chi connectivity index (χ0) is 21.5. The monoisotopic (exact) mass is 418 g/mol. The summed E-state index contributed by atoms with van der Waals surface area (Å²) in [6.07, 6.45) is 4.70. The first-order valence-corrected chi connectivity index (χ1v) is 10.6. The van der Waals surface area contributed by atoms with Crippen molar-refractivity contribution in [2.24, 2.45) is 11.8 Å². The largest absolute Gasteiger partial charge is 0.481 e. The van der Waals surface area contributed by atoms with Gasteiger partial charge in [0.15, 0.2) is 0 Å². The van der Waals surface area contributed by atoms with E-state index < -0.39 is 24.5 Å². The van der Waals surface area contributed by atoms with E-state index in [2.05, 4.69) is 0 Å². The Kier molecular flexibility index (Phi) is 8.01. The molecule has 1 fully saturated rings. The SMILES string of the molecule is O=C(O)CCCCCC[C@H]1C(=O)C[C@@H](O)[C@@H]1/C=C/[C@@H](O)[C@H]1OCc2ccccc2O1. The van der Waals surface area contributed by atoms with E-state index in [1.54, 1.807) is 12.2 Å². The molecule has 1 heterocycles. The van der Waals surface area contributed by atoms with Crippen molar-refractivity contribution in [1.29, 1.82) is 0 Å². The average Bonchev–Trinajstić information content (AvgIpc) is 3.00. The first-order valence-electron chi connectivity index (χ1n) is 10.6. The lowest BCUT2D eigenvalue weighted by Gasteiger charge is -2.28. The van der Waals surface area contributed by atoms with E-state index in [1.165, 1.54) is 0 Å². The molecule has 0 saturated heterocycles. The summed E-state index contributed by atoms with van der Waals surface area (Å²) in [5.74, 6) is -0.699. The molecule has 0 amide bonds. The molecule has 164 valence electrons. The van der Waals surface area contributed by atoms with Crippen LogP contribution in [0.5, 0.6) is 5.75 Å². The predicted molar refractivity (Wildman–Crippen MR) is 109 cm³/mol. The summed E-state index contributed by atoms with van der Waals surface area (Å²) in [6, 6.07) is 7.48. The molecule has 1 aliphatic heterocycles. The van der Waals surface area contributed by atoms with E-state index in [4.69, 9.17) is 14.6 Å². The van der Waals surface area contributed by atoms with Crippen LogP contribution in [0.3, 0.4) is 0 Å². The third-order valence-corrected chi connectivity index (χ3v) is 5.82. The highest BCUT2D eigenvalue weighted by atomic mass is 16.7. The summed E-state index contributed by atoms with van der Waals surface area (Å²) in [5.41, 5.74) is 0.921. The molecule has 1 aromatic carbocycles. The van der Waals surface area contributed by atoms with Crippen molar-refractivity contribution in [3.05, 3.63) is 42.0 Å². The molecule has 2 aliphatic rings. The maximum Gasteiger partial charge on any atom is 0.303 e. The first-order chi connectivity index (χ1) is 14.5. The fraction of sp³-hybridized carbons (Fsp3) is 0.565. The van der Waals surface area contributed by atoms with Crippen LogP contribution in [0.2, 0.25) is 0 Å². The maximum atomic E-state index is 12.3. The van der Waals surface area contributed by atoms with Crippen molar-refractivity contribution >= 4 is 11.8 Å². The number of benzene rings is 1. The predicted octanol–water partition coefficient (Wildman–Crippen LogP) is 2.83. The number of carbonyl (C=O) groups is 2. The van der Waals surface area contributed by atoms with Gasteiger partial charge in [0, 0.05) is 30.2 Å². The highest BCUT2D eigenvalue weighted by molar-refractivity contribution is 5.84.